The number of nitrogen functional groups attached to an aromatic ring is 1. The number of H-pyrrole nitrogens is 1. The monoisotopic (exact) mass is 243 g/mol. The maximum atomic E-state index is 5.99. The molecule has 3 N–H and O–H groups in total. The number of imidazole rings is 1. The van der Waals surface area contributed by atoms with E-state index in [1.54, 1.807) is 0 Å². The molecule has 0 aromatic carbocycles. The van der Waals surface area contributed by atoms with E-state index < -0.39 is 0 Å². The summed E-state index contributed by atoms with van der Waals surface area (Å²) in [6.45, 7) is 2.93. The summed E-state index contributed by atoms with van der Waals surface area (Å²) in [6.07, 6.45) is 5.98. The second-order valence-corrected chi connectivity index (χ2v) is 4.69. The molecule has 1 aliphatic rings. The van der Waals surface area contributed by atoms with Crippen molar-refractivity contribution in [3.05, 3.63) is 35.9 Å². The Morgan fingerprint density at radius 3 is 2.83 bits per heavy atom. The third kappa shape index (κ3) is 1.81. The fourth-order valence-corrected chi connectivity index (χ4v) is 2.67. The minimum Gasteiger partial charge on any atom is -0.382 e. The van der Waals surface area contributed by atoms with Gasteiger partial charge in [-0.05, 0) is 37.5 Å². The van der Waals surface area contributed by atoms with Gasteiger partial charge < -0.3 is 15.6 Å². The molecule has 3 rings (SSSR count). The van der Waals surface area contributed by atoms with Crippen molar-refractivity contribution in [3.63, 3.8) is 0 Å². The highest BCUT2D eigenvalue weighted by Gasteiger charge is 2.29. The molecule has 2 aromatic rings. The van der Waals surface area contributed by atoms with Gasteiger partial charge in [0.1, 0.15) is 11.6 Å². The number of nitrogens with zero attached hydrogens (tertiary/aromatic N) is 3. The number of nitrogens with one attached hydrogen (secondary N) is 1. The Kier molecular flexibility index (Phi) is 2.66. The van der Waals surface area contributed by atoms with Crippen LogP contribution in [0.5, 0.6) is 0 Å². The molecule has 2 aromatic heterocycles. The van der Waals surface area contributed by atoms with Crippen LogP contribution in [0.3, 0.4) is 0 Å². The van der Waals surface area contributed by atoms with Crippen LogP contribution in [0.2, 0.25) is 0 Å². The molecule has 0 bridgehead atoms. The second-order valence-electron chi connectivity index (χ2n) is 4.69. The number of nitrogens with two attached hydrogens (primary N) is 1. The van der Waals surface area contributed by atoms with Gasteiger partial charge >= 0.3 is 0 Å². The molecule has 18 heavy (non-hydrogen) atoms. The van der Waals surface area contributed by atoms with Gasteiger partial charge in [0.05, 0.1) is 6.04 Å². The SMILES string of the molecule is Cc1nc(N2CCCC2c2ccncc2)c(N)[nH]1. The molecule has 0 aliphatic carbocycles. The third-order valence-corrected chi connectivity index (χ3v) is 3.45. The molecule has 3 heterocycles. The number of aromatic amines is 1. The average Bonchev–Trinajstić information content (AvgIpc) is 2.96. The molecule has 1 fully saturated rings. The minimum absolute atomic E-state index is 0.359. The van der Waals surface area contributed by atoms with Gasteiger partial charge in [-0.3, -0.25) is 4.98 Å². The summed E-state index contributed by atoms with van der Waals surface area (Å²) in [7, 11) is 0. The van der Waals surface area contributed by atoms with Crippen molar-refractivity contribution in [1.29, 1.82) is 0 Å². The summed E-state index contributed by atoms with van der Waals surface area (Å²) in [5.74, 6) is 2.41. The van der Waals surface area contributed by atoms with Gasteiger partial charge in [0.2, 0.25) is 0 Å². The number of anilines is 2. The van der Waals surface area contributed by atoms with Crippen molar-refractivity contribution >= 4 is 11.6 Å². The van der Waals surface area contributed by atoms with E-state index in [0.717, 1.165) is 24.6 Å². The Hall–Kier alpha value is -2.04. The Labute approximate surface area is 106 Å². The third-order valence-electron chi connectivity index (χ3n) is 3.45. The molecule has 5 heteroatoms. The first kappa shape index (κ1) is 11.1. The fraction of sp³-hybridized carbons (Fsp3) is 0.385. The first-order chi connectivity index (χ1) is 8.75. The van der Waals surface area contributed by atoms with Crippen LogP contribution in [-0.2, 0) is 0 Å². The summed E-state index contributed by atoms with van der Waals surface area (Å²) in [5, 5.41) is 0. The van der Waals surface area contributed by atoms with E-state index >= 15 is 0 Å². The molecular formula is C13H17N5. The molecule has 1 atom stereocenters. The van der Waals surface area contributed by atoms with Gasteiger partial charge in [-0.2, -0.15) is 0 Å². The second kappa shape index (κ2) is 4.33. The molecule has 1 aliphatic heterocycles. The van der Waals surface area contributed by atoms with Crippen molar-refractivity contribution < 1.29 is 0 Å². The summed E-state index contributed by atoms with van der Waals surface area (Å²) >= 11 is 0. The number of hydrogen-bond donors (Lipinski definition) is 2. The Balaban J connectivity index is 1.95. The molecular weight excluding hydrogens is 226 g/mol. The van der Waals surface area contributed by atoms with Crippen LogP contribution in [0.4, 0.5) is 11.6 Å². The standard InChI is InChI=1S/C13H17N5/c1-9-16-12(14)13(17-9)18-8-2-3-11(18)10-4-6-15-7-5-10/h4-7,11H,2-3,8,14H2,1H3,(H,16,17). The van der Waals surface area contributed by atoms with Crippen LogP contribution < -0.4 is 10.6 Å². The Bertz CT molecular complexity index is 534. The van der Waals surface area contributed by atoms with Crippen molar-refractivity contribution in [2.45, 2.75) is 25.8 Å². The van der Waals surface area contributed by atoms with Gasteiger partial charge in [-0.15, -0.1) is 0 Å². The molecule has 0 spiro atoms. The average molecular weight is 243 g/mol. The lowest BCUT2D eigenvalue weighted by atomic mass is 10.1. The number of rotatable bonds is 2. The summed E-state index contributed by atoms with van der Waals surface area (Å²) in [4.78, 5) is 13.9. The highest BCUT2D eigenvalue weighted by atomic mass is 15.3. The van der Waals surface area contributed by atoms with E-state index in [4.69, 9.17) is 5.73 Å². The normalized spacial score (nSPS) is 19.4. The quantitative estimate of drug-likeness (QED) is 0.846. The van der Waals surface area contributed by atoms with Crippen molar-refractivity contribution in [2.24, 2.45) is 0 Å². The van der Waals surface area contributed by atoms with Crippen molar-refractivity contribution in [1.82, 2.24) is 15.0 Å². The topological polar surface area (TPSA) is 70.8 Å². The van der Waals surface area contributed by atoms with Gasteiger partial charge in [-0.1, -0.05) is 0 Å². The maximum absolute atomic E-state index is 5.99. The van der Waals surface area contributed by atoms with Crippen LogP contribution in [0.15, 0.2) is 24.5 Å². The van der Waals surface area contributed by atoms with Crippen molar-refractivity contribution in [3.8, 4) is 0 Å². The summed E-state index contributed by atoms with van der Waals surface area (Å²) < 4.78 is 0. The highest BCUT2D eigenvalue weighted by molar-refractivity contribution is 5.60. The molecule has 94 valence electrons. The first-order valence-corrected chi connectivity index (χ1v) is 6.24. The first-order valence-electron chi connectivity index (χ1n) is 6.24. The smallest absolute Gasteiger partial charge is 0.171 e. The maximum Gasteiger partial charge on any atom is 0.171 e. The number of aryl methyl sites for hydroxylation is 1. The number of aromatic nitrogens is 3. The van der Waals surface area contributed by atoms with Crippen LogP contribution in [0.25, 0.3) is 0 Å². The number of hydrogen-bond acceptors (Lipinski definition) is 4. The molecule has 5 nitrogen and oxygen atoms in total. The Morgan fingerprint density at radius 2 is 2.17 bits per heavy atom. The predicted octanol–water partition coefficient (Wildman–Crippen LogP) is 2.04. The van der Waals surface area contributed by atoms with Crippen molar-refractivity contribution in [2.75, 3.05) is 17.2 Å². The van der Waals surface area contributed by atoms with Crippen LogP contribution >= 0.6 is 0 Å². The zero-order chi connectivity index (χ0) is 12.5. The zero-order valence-electron chi connectivity index (χ0n) is 10.4. The highest BCUT2D eigenvalue weighted by Crippen LogP contribution is 2.37. The van der Waals surface area contributed by atoms with E-state index in [1.165, 1.54) is 12.0 Å². The van der Waals surface area contributed by atoms with E-state index in [9.17, 15) is 0 Å². The molecule has 1 unspecified atom stereocenters. The Morgan fingerprint density at radius 1 is 1.39 bits per heavy atom. The lowest BCUT2D eigenvalue weighted by Gasteiger charge is -2.25. The van der Waals surface area contributed by atoms with E-state index in [1.807, 2.05) is 19.3 Å². The van der Waals surface area contributed by atoms with Crippen LogP contribution in [0, 0.1) is 6.92 Å². The summed E-state index contributed by atoms with van der Waals surface area (Å²) in [5.41, 5.74) is 7.27. The van der Waals surface area contributed by atoms with E-state index in [-0.39, 0.29) is 0 Å². The lowest BCUT2D eigenvalue weighted by molar-refractivity contribution is 0.712. The predicted molar refractivity (Wildman–Crippen MR) is 71.3 cm³/mol. The molecule has 1 saturated heterocycles. The van der Waals surface area contributed by atoms with Crippen LogP contribution in [-0.4, -0.2) is 21.5 Å². The van der Waals surface area contributed by atoms with Gasteiger partial charge in [-0.25, -0.2) is 4.98 Å². The van der Waals surface area contributed by atoms with Gasteiger partial charge in [0, 0.05) is 18.9 Å². The molecule has 0 saturated carbocycles. The fourth-order valence-electron chi connectivity index (χ4n) is 2.67. The van der Waals surface area contributed by atoms with E-state index in [2.05, 4.69) is 32.0 Å². The molecule has 0 amide bonds. The zero-order valence-corrected chi connectivity index (χ0v) is 10.4. The largest absolute Gasteiger partial charge is 0.382 e. The van der Waals surface area contributed by atoms with Gasteiger partial charge in [0.15, 0.2) is 5.82 Å². The number of pyridine rings is 1. The molecule has 0 radical (unpaired) electrons. The lowest BCUT2D eigenvalue weighted by Crippen LogP contribution is -2.23. The minimum atomic E-state index is 0.359. The van der Waals surface area contributed by atoms with Crippen LogP contribution in [0.1, 0.15) is 30.3 Å². The van der Waals surface area contributed by atoms with Gasteiger partial charge in [0.25, 0.3) is 0 Å². The summed E-state index contributed by atoms with van der Waals surface area (Å²) in [6, 6.07) is 4.50. The van der Waals surface area contributed by atoms with E-state index in [0.29, 0.717) is 11.9 Å².